The Balaban J connectivity index is 1.79. The van der Waals surface area contributed by atoms with Crippen LogP contribution >= 0.6 is 0 Å². The van der Waals surface area contributed by atoms with Crippen molar-refractivity contribution in [2.24, 2.45) is 5.92 Å². The van der Waals surface area contributed by atoms with Gasteiger partial charge in [0.05, 0.1) is 0 Å². The van der Waals surface area contributed by atoms with Crippen molar-refractivity contribution in [3.05, 3.63) is 17.5 Å². The van der Waals surface area contributed by atoms with Gasteiger partial charge in [-0.05, 0) is 31.2 Å². The van der Waals surface area contributed by atoms with Crippen molar-refractivity contribution >= 4 is 11.8 Å². The van der Waals surface area contributed by atoms with Gasteiger partial charge in [0.1, 0.15) is 5.69 Å². The monoisotopic (exact) mass is 290 g/mol. The lowest BCUT2D eigenvalue weighted by Crippen LogP contribution is -2.47. The average Bonchev–Trinajstić information content (AvgIpc) is 2.77. The number of piperidine rings is 1. The first-order valence-corrected chi connectivity index (χ1v) is 7.69. The minimum absolute atomic E-state index is 0.00829. The van der Waals surface area contributed by atoms with Crippen molar-refractivity contribution in [1.82, 2.24) is 20.0 Å². The quantitative estimate of drug-likeness (QED) is 0.885. The molecular formula is C15H22N4O2. The van der Waals surface area contributed by atoms with Crippen molar-refractivity contribution in [3.8, 4) is 0 Å². The van der Waals surface area contributed by atoms with Gasteiger partial charge in [-0.25, -0.2) is 0 Å². The van der Waals surface area contributed by atoms with Crippen LogP contribution in [0.5, 0.6) is 0 Å². The zero-order valence-electron chi connectivity index (χ0n) is 12.6. The molecule has 0 spiro atoms. The molecule has 3 aliphatic heterocycles. The number of carbonyl (C=O) groups excluding carboxylic acids is 2. The molecule has 2 amide bonds. The average molecular weight is 290 g/mol. The fourth-order valence-electron chi connectivity index (χ4n) is 3.39. The van der Waals surface area contributed by atoms with Crippen molar-refractivity contribution in [2.75, 3.05) is 19.6 Å². The summed E-state index contributed by atoms with van der Waals surface area (Å²) in [4.78, 5) is 28.2. The Labute approximate surface area is 124 Å². The van der Waals surface area contributed by atoms with Crippen LogP contribution in [0.1, 0.15) is 42.9 Å². The van der Waals surface area contributed by atoms with Crippen LogP contribution in [0, 0.1) is 5.92 Å². The molecule has 114 valence electrons. The first-order valence-electron chi connectivity index (χ1n) is 7.69. The van der Waals surface area contributed by atoms with E-state index in [1.54, 1.807) is 6.92 Å². The number of amides is 2. The highest BCUT2D eigenvalue weighted by Crippen LogP contribution is 2.29. The van der Waals surface area contributed by atoms with Crippen LogP contribution in [-0.4, -0.2) is 57.5 Å². The summed E-state index contributed by atoms with van der Waals surface area (Å²) >= 11 is 0. The molecule has 3 saturated heterocycles. The van der Waals surface area contributed by atoms with E-state index in [1.165, 1.54) is 0 Å². The smallest absolute Gasteiger partial charge is 0.274 e. The molecule has 4 rings (SSSR count). The largest absolute Gasteiger partial charge is 0.341 e. The van der Waals surface area contributed by atoms with E-state index < -0.39 is 0 Å². The SMILES string of the molecule is CCc1cc(C(=O)N2C[C@H]3CC[C@@H]2CN(C(C)=O)C3)n[nH]1. The summed E-state index contributed by atoms with van der Waals surface area (Å²) in [6.45, 7) is 5.80. The van der Waals surface area contributed by atoms with Crippen LogP contribution in [0.2, 0.25) is 0 Å². The molecule has 1 aromatic heterocycles. The van der Waals surface area contributed by atoms with Crippen LogP contribution in [-0.2, 0) is 11.2 Å². The van der Waals surface area contributed by atoms with Crippen LogP contribution in [0.25, 0.3) is 0 Å². The van der Waals surface area contributed by atoms with E-state index in [-0.39, 0.29) is 17.9 Å². The topological polar surface area (TPSA) is 69.3 Å². The van der Waals surface area contributed by atoms with Crippen molar-refractivity contribution in [2.45, 2.75) is 39.2 Å². The molecule has 6 nitrogen and oxygen atoms in total. The molecule has 0 radical (unpaired) electrons. The lowest BCUT2D eigenvalue weighted by Gasteiger charge is -2.35. The predicted molar refractivity (Wildman–Crippen MR) is 77.8 cm³/mol. The normalized spacial score (nSPS) is 25.0. The van der Waals surface area contributed by atoms with Crippen LogP contribution in [0.15, 0.2) is 6.07 Å². The number of aromatic amines is 1. The second-order valence-electron chi connectivity index (χ2n) is 6.11. The van der Waals surface area contributed by atoms with Gasteiger partial charge in [-0.1, -0.05) is 6.92 Å². The number of fused-ring (bicyclic) bond motifs is 4. The van der Waals surface area contributed by atoms with Gasteiger partial charge in [-0.2, -0.15) is 5.10 Å². The first kappa shape index (κ1) is 14.1. The second-order valence-corrected chi connectivity index (χ2v) is 6.11. The maximum atomic E-state index is 12.7. The number of H-pyrrole nitrogens is 1. The summed E-state index contributed by atoms with van der Waals surface area (Å²) in [5.74, 6) is 0.487. The molecule has 3 aliphatic rings. The molecule has 21 heavy (non-hydrogen) atoms. The van der Waals surface area contributed by atoms with E-state index in [4.69, 9.17) is 0 Å². The van der Waals surface area contributed by atoms with Gasteiger partial charge in [0.2, 0.25) is 5.91 Å². The van der Waals surface area contributed by atoms with Crippen LogP contribution < -0.4 is 0 Å². The van der Waals surface area contributed by atoms with E-state index in [2.05, 4.69) is 10.2 Å². The molecule has 1 aromatic rings. The Morgan fingerprint density at radius 1 is 1.33 bits per heavy atom. The number of hydrogen-bond donors (Lipinski definition) is 1. The van der Waals surface area contributed by atoms with Gasteiger partial charge < -0.3 is 9.80 Å². The Hall–Kier alpha value is -1.85. The number of rotatable bonds is 2. The highest BCUT2D eigenvalue weighted by atomic mass is 16.2. The van der Waals surface area contributed by atoms with Crippen LogP contribution in [0.4, 0.5) is 0 Å². The summed E-state index contributed by atoms with van der Waals surface area (Å²) in [5, 5.41) is 7.03. The number of hydrogen-bond acceptors (Lipinski definition) is 3. The van der Waals surface area contributed by atoms with E-state index >= 15 is 0 Å². The third-order valence-electron chi connectivity index (χ3n) is 4.65. The molecule has 2 bridgehead atoms. The van der Waals surface area contributed by atoms with Gasteiger partial charge in [0.25, 0.3) is 5.91 Å². The Bertz CT molecular complexity index is 554. The van der Waals surface area contributed by atoms with E-state index in [1.807, 2.05) is 22.8 Å². The maximum Gasteiger partial charge on any atom is 0.274 e. The van der Waals surface area contributed by atoms with E-state index in [0.717, 1.165) is 38.0 Å². The molecular weight excluding hydrogens is 268 g/mol. The lowest BCUT2D eigenvalue weighted by molar-refractivity contribution is -0.129. The van der Waals surface area contributed by atoms with Gasteiger partial charge >= 0.3 is 0 Å². The molecule has 0 saturated carbocycles. The maximum absolute atomic E-state index is 12.7. The van der Waals surface area contributed by atoms with E-state index in [0.29, 0.717) is 18.2 Å². The zero-order chi connectivity index (χ0) is 15.0. The van der Waals surface area contributed by atoms with Gasteiger partial charge in [0, 0.05) is 38.3 Å². The predicted octanol–water partition coefficient (Wildman–Crippen LogP) is 1.05. The van der Waals surface area contributed by atoms with E-state index in [9.17, 15) is 9.59 Å². The molecule has 0 unspecified atom stereocenters. The van der Waals surface area contributed by atoms with Crippen molar-refractivity contribution in [1.29, 1.82) is 0 Å². The third kappa shape index (κ3) is 2.66. The highest BCUT2D eigenvalue weighted by molar-refractivity contribution is 5.92. The Morgan fingerprint density at radius 2 is 2.14 bits per heavy atom. The molecule has 6 heteroatoms. The minimum atomic E-state index is -0.00829. The Morgan fingerprint density at radius 3 is 2.81 bits per heavy atom. The standard InChI is InChI=1S/C15H22N4O2/c1-3-12-6-14(17-16-12)15(21)19-8-11-4-5-13(19)9-18(7-11)10(2)20/h6,11,13H,3-5,7-9H2,1-2H3,(H,16,17)/t11-,13+/m0/s1. The number of nitrogens with zero attached hydrogens (tertiary/aromatic N) is 3. The molecule has 4 heterocycles. The van der Waals surface area contributed by atoms with Gasteiger partial charge in [0.15, 0.2) is 0 Å². The summed E-state index contributed by atoms with van der Waals surface area (Å²) < 4.78 is 0. The second kappa shape index (κ2) is 5.50. The Kier molecular flexibility index (Phi) is 3.69. The van der Waals surface area contributed by atoms with Gasteiger partial charge in [-0.3, -0.25) is 14.7 Å². The summed E-state index contributed by atoms with van der Waals surface area (Å²) in [7, 11) is 0. The fraction of sp³-hybridized carbons (Fsp3) is 0.667. The first-order chi connectivity index (χ1) is 10.1. The summed E-state index contributed by atoms with van der Waals surface area (Å²) in [6.07, 6.45) is 2.91. The van der Waals surface area contributed by atoms with Gasteiger partial charge in [-0.15, -0.1) is 0 Å². The van der Waals surface area contributed by atoms with Crippen LogP contribution in [0.3, 0.4) is 0 Å². The molecule has 3 fully saturated rings. The molecule has 0 aromatic carbocycles. The highest BCUT2D eigenvalue weighted by Gasteiger charge is 2.38. The number of aryl methyl sites for hydroxylation is 1. The molecule has 2 atom stereocenters. The zero-order valence-corrected chi connectivity index (χ0v) is 12.6. The summed E-state index contributed by atoms with van der Waals surface area (Å²) in [6, 6.07) is 1.96. The molecule has 1 N–H and O–H groups in total. The van der Waals surface area contributed by atoms with Crippen molar-refractivity contribution < 1.29 is 9.59 Å². The van der Waals surface area contributed by atoms with Crippen molar-refractivity contribution in [3.63, 3.8) is 0 Å². The number of carbonyl (C=O) groups is 2. The fourth-order valence-corrected chi connectivity index (χ4v) is 3.39. The lowest BCUT2D eigenvalue weighted by atomic mass is 9.94. The number of aromatic nitrogens is 2. The minimum Gasteiger partial charge on any atom is -0.341 e. The third-order valence-corrected chi connectivity index (χ3v) is 4.65. The number of nitrogens with one attached hydrogen (secondary N) is 1. The summed E-state index contributed by atoms with van der Waals surface area (Å²) in [5.41, 5.74) is 1.47. The molecule has 0 aliphatic carbocycles.